The fourth-order valence-electron chi connectivity index (χ4n) is 2.82. The molecule has 28 heavy (non-hydrogen) atoms. The van der Waals surface area contributed by atoms with Gasteiger partial charge in [-0.15, -0.1) is 0 Å². The Labute approximate surface area is 166 Å². The second-order valence-electron chi connectivity index (χ2n) is 6.34. The monoisotopic (exact) mass is 405 g/mol. The third-order valence-corrected chi connectivity index (χ3v) is 4.50. The fraction of sp³-hybridized carbons (Fsp3) is 0.250. The number of hydrogen-bond donors (Lipinski definition) is 4. The van der Waals surface area contributed by atoms with Crippen LogP contribution in [0.4, 0.5) is 0 Å². The van der Waals surface area contributed by atoms with Crippen LogP contribution < -0.4 is 5.32 Å². The number of carbonyl (C=O) groups is 3. The lowest BCUT2D eigenvalue weighted by atomic mass is 9.94. The smallest absolute Gasteiger partial charge is 0.394 e. The van der Waals surface area contributed by atoms with E-state index in [4.69, 9.17) is 21.8 Å². The third-order valence-electron chi connectivity index (χ3n) is 4.26. The summed E-state index contributed by atoms with van der Waals surface area (Å²) in [6, 6.07) is 13.9. The number of aliphatic hydroxyl groups excluding tert-OH is 1. The van der Waals surface area contributed by atoms with Crippen molar-refractivity contribution < 1.29 is 29.7 Å². The van der Waals surface area contributed by atoms with Gasteiger partial charge in [-0.1, -0.05) is 48.0 Å². The van der Waals surface area contributed by atoms with Crippen LogP contribution >= 0.6 is 11.6 Å². The molecule has 0 aliphatic heterocycles. The topological polar surface area (TPSA) is 124 Å². The Morgan fingerprint density at radius 1 is 1.00 bits per heavy atom. The molecule has 0 unspecified atom stereocenters. The zero-order valence-electron chi connectivity index (χ0n) is 14.8. The van der Waals surface area contributed by atoms with E-state index < -0.39 is 36.4 Å². The highest BCUT2D eigenvalue weighted by molar-refractivity contribution is 6.31. The number of carbonyl (C=O) groups excluding carboxylic acids is 1. The van der Waals surface area contributed by atoms with Gasteiger partial charge in [0, 0.05) is 11.1 Å². The summed E-state index contributed by atoms with van der Waals surface area (Å²) in [5.41, 5.74) is 2.64. The van der Waals surface area contributed by atoms with E-state index in [0.29, 0.717) is 5.02 Å². The largest absolute Gasteiger partial charge is 0.481 e. The van der Waals surface area contributed by atoms with Crippen molar-refractivity contribution in [1.82, 2.24) is 5.32 Å². The average Bonchev–Trinajstić information content (AvgIpc) is 2.66. The summed E-state index contributed by atoms with van der Waals surface area (Å²) in [4.78, 5) is 33.5. The molecule has 1 amide bonds. The van der Waals surface area contributed by atoms with Crippen molar-refractivity contribution in [2.45, 2.75) is 18.9 Å². The molecule has 2 rings (SSSR count). The highest BCUT2D eigenvalue weighted by Crippen LogP contribution is 2.23. The first-order valence-corrected chi connectivity index (χ1v) is 8.90. The minimum Gasteiger partial charge on any atom is -0.481 e. The van der Waals surface area contributed by atoms with Crippen LogP contribution in [0.1, 0.15) is 12.0 Å². The predicted octanol–water partition coefficient (Wildman–Crippen LogP) is 2.20. The van der Waals surface area contributed by atoms with Gasteiger partial charge in [-0.25, -0.2) is 4.79 Å². The van der Waals surface area contributed by atoms with Crippen LogP contribution in [-0.4, -0.2) is 45.8 Å². The summed E-state index contributed by atoms with van der Waals surface area (Å²) in [5.74, 6) is -5.20. The van der Waals surface area contributed by atoms with Gasteiger partial charge in [0.25, 0.3) is 0 Å². The summed E-state index contributed by atoms with van der Waals surface area (Å²) in [6.45, 7) is -0.609. The Hall–Kier alpha value is -2.90. The molecule has 2 aromatic carbocycles. The van der Waals surface area contributed by atoms with E-state index in [1.54, 1.807) is 6.07 Å². The van der Waals surface area contributed by atoms with Gasteiger partial charge >= 0.3 is 17.8 Å². The highest BCUT2D eigenvalue weighted by atomic mass is 35.5. The molecule has 4 N–H and O–H groups in total. The van der Waals surface area contributed by atoms with Crippen molar-refractivity contribution in [2.24, 2.45) is 5.92 Å². The molecule has 0 saturated carbocycles. The molecule has 0 bridgehead atoms. The molecule has 0 radical (unpaired) electrons. The summed E-state index contributed by atoms with van der Waals surface area (Å²) in [7, 11) is 0. The SMILES string of the molecule is O=C(O)C(=O)N[C@H](Cc1ccc(-c2cccc(Cl)c2)cc1)C[C@@H](CO)C(=O)O. The number of nitrogens with one attached hydrogen (secondary N) is 1. The van der Waals surface area contributed by atoms with E-state index in [0.717, 1.165) is 16.7 Å². The first-order valence-electron chi connectivity index (χ1n) is 8.52. The molecule has 2 atom stereocenters. The Morgan fingerprint density at radius 3 is 2.21 bits per heavy atom. The van der Waals surface area contributed by atoms with E-state index >= 15 is 0 Å². The van der Waals surface area contributed by atoms with E-state index in [-0.39, 0.29) is 12.8 Å². The Morgan fingerprint density at radius 2 is 1.68 bits per heavy atom. The molecule has 0 aliphatic carbocycles. The quantitative estimate of drug-likeness (QED) is 0.499. The summed E-state index contributed by atoms with van der Waals surface area (Å²) < 4.78 is 0. The number of benzene rings is 2. The number of rotatable bonds is 8. The molecular formula is C20H20ClNO6. The standard InChI is InChI=1S/C20H20ClNO6/c21-16-3-1-2-14(9-16)13-6-4-12(5-7-13)8-17(22-18(24)20(27)28)10-15(11-23)19(25)26/h1-7,9,15,17,23H,8,10-11H2,(H,22,24)(H,25,26)(H,27,28)/t15-,17+/m0/s1. The van der Waals surface area contributed by atoms with Crippen LogP contribution in [0.15, 0.2) is 48.5 Å². The van der Waals surface area contributed by atoms with Gasteiger partial charge in [-0.3, -0.25) is 9.59 Å². The van der Waals surface area contributed by atoms with Crippen molar-refractivity contribution in [3.8, 4) is 11.1 Å². The summed E-state index contributed by atoms with van der Waals surface area (Å²) in [6.07, 6.45) is 0.125. The maximum Gasteiger partial charge on any atom is 0.394 e. The summed E-state index contributed by atoms with van der Waals surface area (Å²) >= 11 is 6.00. The molecule has 8 heteroatoms. The van der Waals surface area contributed by atoms with Gasteiger partial charge < -0.3 is 20.6 Å². The lowest BCUT2D eigenvalue weighted by Crippen LogP contribution is -2.42. The van der Waals surface area contributed by atoms with Gasteiger partial charge in [0.2, 0.25) is 0 Å². The van der Waals surface area contributed by atoms with Crippen molar-refractivity contribution in [3.63, 3.8) is 0 Å². The van der Waals surface area contributed by atoms with Crippen molar-refractivity contribution >= 4 is 29.4 Å². The normalized spacial score (nSPS) is 12.8. The minimum absolute atomic E-state index is 0.0963. The Bertz CT molecular complexity index is 852. The fourth-order valence-corrected chi connectivity index (χ4v) is 3.01. The van der Waals surface area contributed by atoms with Gasteiger partial charge in [-0.05, 0) is 41.7 Å². The number of carboxylic acid groups (broad SMARTS) is 2. The van der Waals surface area contributed by atoms with Crippen LogP contribution in [-0.2, 0) is 20.8 Å². The molecule has 0 spiro atoms. The van der Waals surface area contributed by atoms with Crippen LogP contribution in [0.5, 0.6) is 0 Å². The number of aliphatic carboxylic acids is 2. The molecule has 7 nitrogen and oxygen atoms in total. The van der Waals surface area contributed by atoms with E-state index in [1.165, 1.54) is 0 Å². The first-order chi connectivity index (χ1) is 13.3. The van der Waals surface area contributed by atoms with Gasteiger partial charge in [-0.2, -0.15) is 0 Å². The molecule has 0 saturated heterocycles. The molecule has 0 aliphatic rings. The second kappa shape index (κ2) is 9.87. The molecule has 2 aromatic rings. The molecular weight excluding hydrogens is 386 g/mol. The zero-order chi connectivity index (χ0) is 20.7. The number of carboxylic acids is 2. The highest BCUT2D eigenvalue weighted by Gasteiger charge is 2.25. The number of aliphatic hydroxyl groups is 1. The first kappa shape index (κ1) is 21.4. The molecule has 0 aromatic heterocycles. The Balaban J connectivity index is 2.16. The van der Waals surface area contributed by atoms with Crippen LogP contribution in [0.25, 0.3) is 11.1 Å². The van der Waals surface area contributed by atoms with Gasteiger partial charge in [0.05, 0.1) is 12.5 Å². The molecule has 148 valence electrons. The van der Waals surface area contributed by atoms with Gasteiger partial charge in [0.15, 0.2) is 0 Å². The van der Waals surface area contributed by atoms with Crippen molar-refractivity contribution in [1.29, 1.82) is 0 Å². The maximum atomic E-state index is 11.5. The minimum atomic E-state index is -1.66. The molecule has 0 heterocycles. The van der Waals surface area contributed by atoms with Crippen LogP contribution in [0, 0.1) is 5.92 Å². The van der Waals surface area contributed by atoms with Crippen LogP contribution in [0.3, 0.4) is 0 Å². The average molecular weight is 406 g/mol. The maximum absolute atomic E-state index is 11.5. The lowest BCUT2D eigenvalue weighted by Gasteiger charge is -2.21. The number of halogens is 1. The van der Waals surface area contributed by atoms with E-state index in [9.17, 15) is 19.5 Å². The van der Waals surface area contributed by atoms with Gasteiger partial charge in [0.1, 0.15) is 0 Å². The third kappa shape index (κ3) is 6.07. The van der Waals surface area contributed by atoms with Crippen molar-refractivity contribution in [2.75, 3.05) is 6.61 Å². The lowest BCUT2D eigenvalue weighted by molar-refractivity contribution is -0.150. The Kier molecular flexibility index (Phi) is 7.54. The van der Waals surface area contributed by atoms with E-state index in [1.807, 2.05) is 42.5 Å². The van der Waals surface area contributed by atoms with Crippen molar-refractivity contribution in [3.05, 3.63) is 59.1 Å². The second-order valence-corrected chi connectivity index (χ2v) is 6.78. The zero-order valence-corrected chi connectivity index (χ0v) is 15.6. The predicted molar refractivity (Wildman–Crippen MR) is 103 cm³/mol. The van der Waals surface area contributed by atoms with Crippen LogP contribution in [0.2, 0.25) is 5.02 Å². The number of hydrogen-bond acceptors (Lipinski definition) is 4. The van der Waals surface area contributed by atoms with E-state index in [2.05, 4.69) is 5.32 Å². The number of amides is 1. The summed E-state index contributed by atoms with van der Waals surface area (Å²) in [5, 5.41) is 30.0. The molecule has 0 fully saturated rings.